The first-order valence-electron chi connectivity index (χ1n) is 8.14. The summed E-state index contributed by atoms with van der Waals surface area (Å²) >= 11 is 0. The Hall–Kier alpha value is -1.67. The number of rotatable bonds is 8. The molecule has 0 aliphatic heterocycles. The number of hydrogen-bond acceptors (Lipinski definition) is 3. The second kappa shape index (κ2) is 8.62. The van der Waals surface area contributed by atoms with E-state index in [1.54, 1.807) is 24.3 Å². The first-order chi connectivity index (χ1) is 12.0. The molecular formula is C18H21F3O3Si. The van der Waals surface area contributed by atoms with Crippen LogP contribution in [-0.4, -0.2) is 28.6 Å². The lowest BCUT2D eigenvalue weighted by Gasteiger charge is -2.28. The fourth-order valence-corrected chi connectivity index (χ4v) is 5.07. The van der Waals surface area contributed by atoms with Crippen molar-refractivity contribution < 1.29 is 26.4 Å². The molecule has 0 fully saturated rings. The summed E-state index contributed by atoms with van der Waals surface area (Å²) in [6.45, 7) is 6.77. The summed E-state index contributed by atoms with van der Waals surface area (Å²) in [5, 5.41) is 0.699. The van der Waals surface area contributed by atoms with Crippen molar-refractivity contribution in [2.24, 2.45) is 0 Å². The Balaban J connectivity index is 2.44. The average molecular weight is 370 g/mol. The molecule has 3 nitrogen and oxygen atoms in total. The van der Waals surface area contributed by atoms with Gasteiger partial charge in [-0.3, -0.25) is 0 Å². The molecule has 0 N–H and O–H groups in total. The lowest BCUT2D eigenvalue weighted by Crippen LogP contribution is -2.56. The van der Waals surface area contributed by atoms with Crippen molar-refractivity contribution in [1.29, 1.82) is 0 Å². The third-order valence-electron chi connectivity index (χ3n) is 3.54. The van der Waals surface area contributed by atoms with E-state index in [1.165, 1.54) is 0 Å². The summed E-state index contributed by atoms with van der Waals surface area (Å²) in [5.74, 6) is -2.85. The monoisotopic (exact) mass is 370 g/mol. The van der Waals surface area contributed by atoms with Gasteiger partial charge >= 0.3 is 8.80 Å². The molecule has 2 aromatic carbocycles. The molecule has 0 aromatic heterocycles. The first-order valence-corrected chi connectivity index (χ1v) is 9.87. The molecule has 0 saturated heterocycles. The maximum absolute atomic E-state index is 13.9. The molecule has 0 saturated carbocycles. The highest BCUT2D eigenvalue weighted by Crippen LogP contribution is 2.27. The van der Waals surface area contributed by atoms with Crippen LogP contribution in [0.4, 0.5) is 13.2 Å². The zero-order valence-electron chi connectivity index (χ0n) is 14.4. The van der Waals surface area contributed by atoms with Crippen LogP contribution in [0.5, 0.6) is 0 Å². The zero-order chi connectivity index (χ0) is 18.4. The van der Waals surface area contributed by atoms with E-state index in [9.17, 15) is 13.2 Å². The molecule has 136 valence electrons. The van der Waals surface area contributed by atoms with Gasteiger partial charge in [0, 0.05) is 37.1 Å². The van der Waals surface area contributed by atoms with Crippen molar-refractivity contribution in [3.05, 3.63) is 53.8 Å². The molecule has 0 atom stereocenters. The van der Waals surface area contributed by atoms with Crippen molar-refractivity contribution >= 4 is 14.0 Å². The van der Waals surface area contributed by atoms with Crippen LogP contribution in [0.25, 0.3) is 11.1 Å². The molecule has 0 bridgehead atoms. The van der Waals surface area contributed by atoms with Crippen molar-refractivity contribution in [3.8, 4) is 11.1 Å². The van der Waals surface area contributed by atoms with Crippen LogP contribution < -0.4 is 5.19 Å². The third kappa shape index (κ3) is 4.30. The van der Waals surface area contributed by atoms with Gasteiger partial charge in [0.15, 0.2) is 0 Å². The minimum atomic E-state index is -3.08. The van der Waals surface area contributed by atoms with Crippen LogP contribution in [0.1, 0.15) is 20.8 Å². The minimum Gasteiger partial charge on any atom is -0.370 e. The van der Waals surface area contributed by atoms with E-state index in [0.717, 1.165) is 0 Å². The Morgan fingerprint density at radius 1 is 0.760 bits per heavy atom. The van der Waals surface area contributed by atoms with E-state index in [4.69, 9.17) is 13.3 Å². The number of benzene rings is 2. The van der Waals surface area contributed by atoms with Crippen LogP contribution in [0.2, 0.25) is 0 Å². The predicted octanol–water partition coefficient (Wildman–Crippen LogP) is 4.03. The van der Waals surface area contributed by atoms with Gasteiger partial charge < -0.3 is 13.3 Å². The fourth-order valence-electron chi connectivity index (χ4n) is 2.60. The van der Waals surface area contributed by atoms with E-state index >= 15 is 0 Å². The Labute approximate surface area is 146 Å². The lowest BCUT2D eigenvalue weighted by atomic mass is 10.0. The van der Waals surface area contributed by atoms with Gasteiger partial charge in [0.1, 0.15) is 17.5 Å². The first kappa shape index (κ1) is 19.6. The predicted molar refractivity (Wildman–Crippen MR) is 92.0 cm³/mol. The number of hydrogen-bond donors (Lipinski definition) is 0. The highest BCUT2D eigenvalue weighted by Gasteiger charge is 2.43. The summed E-state index contributed by atoms with van der Waals surface area (Å²) in [5.41, 5.74) is 0.0237. The average Bonchev–Trinajstić information content (AvgIpc) is 2.55. The van der Waals surface area contributed by atoms with Crippen molar-refractivity contribution in [2.45, 2.75) is 20.8 Å². The van der Waals surface area contributed by atoms with Crippen LogP contribution in [-0.2, 0) is 13.3 Å². The van der Waals surface area contributed by atoms with Crippen molar-refractivity contribution in [3.63, 3.8) is 0 Å². The second-order valence-corrected chi connectivity index (χ2v) is 7.73. The van der Waals surface area contributed by atoms with E-state index in [-0.39, 0.29) is 5.56 Å². The topological polar surface area (TPSA) is 27.7 Å². The molecule has 2 aromatic rings. The Kier molecular flexibility index (Phi) is 6.77. The van der Waals surface area contributed by atoms with Gasteiger partial charge in [-0.05, 0) is 26.3 Å². The van der Waals surface area contributed by atoms with Gasteiger partial charge in [-0.1, -0.05) is 24.3 Å². The van der Waals surface area contributed by atoms with Gasteiger partial charge in [0.05, 0.1) is 5.56 Å². The highest BCUT2D eigenvalue weighted by molar-refractivity contribution is 6.75. The Morgan fingerprint density at radius 3 is 1.60 bits per heavy atom. The molecule has 0 spiro atoms. The maximum Gasteiger partial charge on any atom is 0.537 e. The van der Waals surface area contributed by atoms with E-state index in [1.807, 2.05) is 20.8 Å². The summed E-state index contributed by atoms with van der Waals surface area (Å²) in [6.07, 6.45) is 0. The van der Waals surface area contributed by atoms with Crippen molar-refractivity contribution in [1.82, 2.24) is 0 Å². The van der Waals surface area contributed by atoms with Crippen LogP contribution in [0.3, 0.4) is 0 Å². The SMILES string of the molecule is CCO[Si](OCC)(OCC)c1ccc(-c2c(F)cc(F)cc2F)cc1. The van der Waals surface area contributed by atoms with Gasteiger partial charge in [0.25, 0.3) is 0 Å². The Morgan fingerprint density at radius 2 is 1.20 bits per heavy atom. The second-order valence-electron chi connectivity index (χ2n) is 5.18. The highest BCUT2D eigenvalue weighted by atomic mass is 28.4. The molecule has 0 heterocycles. The van der Waals surface area contributed by atoms with Crippen LogP contribution in [0.15, 0.2) is 36.4 Å². The molecule has 0 unspecified atom stereocenters. The fraction of sp³-hybridized carbons (Fsp3) is 0.333. The third-order valence-corrected chi connectivity index (χ3v) is 6.58. The summed E-state index contributed by atoms with van der Waals surface area (Å²) < 4.78 is 58.4. The van der Waals surface area contributed by atoms with Crippen LogP contribution >= 0.6 is 0 Å². The molecule has 25 heavy (non-hydrogen) atoms. The molecule has 0 radical (unpaired) electrons. The van der Waals surface area contributed by atoms with Crippen LogP contribution in [0, 0.1) is 17.5 Å². The minimum absolute atomic E-state index is 0.274. The van der Waals surface area contributed by atoms with Gasteiger partial charge in [-0.15, -0.1) is 0 Å². The standard InChI is InChI=1S/C18H21F3O3Si/c1-4-22-25(23-5-2,24-6-3)15-9-7-13(8-10-15)18-16(20)11-14(19)12-17(18)21/h7-12H,4-6H2,1-3H3. The number of halogens is 3. The normalized spacial score (nSPS) is 11.8. The maximum atomic E-state index is 13.9. The molecule has 0 amide bonds. The Bertz CT molecular complexity index is 667. The summed E-state index contributed by atoms with van der Waals surface area (Å²) in [7, 11) is -3.08. The quantitative estimate of drug-likeness (QED) is 0.657. The van der Waals surface area contributed by atoms with Gasteiger partial charge in [0.2, 0.25) is 0 Å². The molecule has 0 aliphatic carbocycles. The summed E-state index contributed by atoms with van der Waals surface area (Å²) in [4.78, 5) is 0. The van der Waals surface area contributed by atoms with E-state index < -0.39 is 26.3 Å². The van der Waals surface area contributed by atoms with Gasteiger partial charge in [-0.25, -0.2) is 13.2 Å². The van der Waals surface area contributed by atoms with E-state index in [2.05, 4.69) is 0 Å². The van der Waals surface area contributed by atoms with Crippen molar-refractivity contribution in [2.75, 3.05) is 19.8 Å². The molecule has 7 heteroatoms. The largest absolute Gasteiger partial charge is 0.537 e. The van der Waals surface area contributed by atoms with Gasteiger partial charge in [-0.2, -0.15) is 0 Å². The molecule has 0 aliphatic rings. The summed E-state index contributed by atoms with van der Waals surface area (Å²) in [6, 6.07) is 7.76. The smallest absolute Gasteiger partial charge is 0.370 e. The molecular weight excluding hydrogens is 349 g/mol. The molecule has 2 rings (SSSR count). The zero-order valence-corrected chi connectivity index (χ0v) is 15.4. The van der Waals surface area contributed by atoms with E-state index in [0.29, 0.717) is 42.7 Å². The lowest BCUT2D eigenvalue weighted by molar-refractivity contribution is 0.0859.